The summed E-state index contributed by atoms with van der Waals surface area (Å²) in [7, 11) is -3.84. The van der Waals surface area contributed by atoms with Crippen LogP contribution in [0.4, 0.5) is 0 Å². The molecule has 20 heavy (non-hydrogen) atoms. The maximum atomic E-state index is 12.2. The maximum Gasteiger partial charge on any atom is 0.417 e. The average molecular weight is 385 g/mol. The summed E-state index contributed by atoms with van der Waals surface area (Å²) in [6, 6.07) is 1.42. The molecular weight excluding hydrogens is 374 g/mol. The van der Waals surface area contributed by atoms with Crippen LogP contribution in [0.3, 0.4) is 0 Å². The summed E-state index contributed by atoms with van der Waals surface area (Å²) in [5.41, 5.74) is 5.62. The molecule has 1 aromatic heterocycles. The van der Waals surface area contributed by atoms with E-state index in [0.29, 0.717) is 18.5 Å². The van der Waals surface area contributed by atoms with E-state index in [-0.39, 0.29) is 26.5 Å². The summed E-state index contributed by atoms with van der Waals surface area (Å²) in [4.78, 5) is 13.4. The van der Waals surface area contributed by atoms with Crippen LogP contribution in [0.25, 0.3) is 11.1 Å². The van der Waals surface area contributed by atoms with Gasteiger partial charge in [0.2, 0.25) is 10.0 Å². The number of benzene rings is 1. The summed E-state index contributed by atoms with van der Waals surface area (Å²) >= 11 is 9.16. The van der Waals surface area contributed by atoms with Gasteiger partial charge >= 0.3 is 5.76 Å². The quantitative estimate of drug-likeness (QED) is 0.669. The largest absolute Gasteiger partial charge is 0.417 e. The molecule has 1 aromatic carbocycles. The predicted molar refractivity (Wildman–Crippen MR) is 78.4 cm³/mol. The number of H-pyrrole nitrogens is 1. The van der Waals surface area contributed by atoms with Crippen molar-refractivity contribution in [1.29, 1.82) is 0 Å². The van der Waals surface area contributed by atoms with Gasteiger partial charge in [0.15, 0.2) is 5.58 Å². The molecule has 0 spiro atoms. The molecular formula is C10H11BrClN3O4S. The predicted octanol–water partition coefficient (Wildman–Crippen LogP) is 1.16. The van der Waals surface area contributed by atoms with Crippen LogP contribution in [-0.4, -0.2) is 26.5 Å². The standard InChI is InChI=1S/C10H11BrClN3O4S/c11-5-4-6-8(19-10(16)15-6)7(12)9(5)20(17,18)14-3-1-2-13/h4,14H,1-3,13H2,(H,15,16). The Bertz CT molecular complexity index is 799. The van der Waals surface area contributed by atoms with Crippen molar-refractivity contribution in [1.82, 2.24) is 9.71 Å². The normalized spacial score (nSPS) is 12.2. The smallest absolute Gasteiger partial charge is 0.406 e. The number of hydrogen-bond acceptors (Lipinski definition) is 5. The van der Waals surface area contributed by atoms with E-state index in [1.165, 1.54) is 6.07 Å². The molecule has 0 aliphatic carbocycles. The maximum absolute atomic E-state index is 12.2. The lowest BCUT2D eigenvalue weighted by atomic mass is 10.3. The van der Waals surface area contributed by atoms with E-state index in [4.69, 9.17) is 21.8 Å². The number of nitrogens with two attached hydrogens (primary N) is 1. The van der Waals surface area contributed by atoms with Gasteiger partial charge in [0.25, 0.3) is 0 Å². The Morgan fingerprint density at radius 3 is 2.85 bits per heavy atom. The number of sulfonamides is 1. The average Bonchev–Trinajstić information content (AvgIpc) is 2.69. The summed E-state index contributed by atoms with van der Waals surface area (Å²) in [5, 5.41) is -0.159. The Morgan fingerprint density at radius 2 is 2.20 bits per heavy atom. The number of oxazole rings is 1. The Labute approximate surface area is 127 Å². The first-order chi connectivity index (χ1) is 9.36. The third-order valence-electron chi connectivity index (χ3n) is 2.50. The van der Waals surface area contributed by atoms with Crippen LogP contribution in [-0.2, 0) is 10.0 Å². The fraction of sp³-hybridized carbons (Fsp3) is 0.300. The molecule has 0 atom stereocenters. The highest BCUT2D eigenvalue weighted by Gasteiger charge is 2.25. The molecule has 0 unspecified atom stereocenters. The van der Waals surface area contributed by atoms with Crippen molar-refractivity contribution >= 4 is 48.7 Å². The monoisotopic (exact) mass is 383 g/mol. The number of halogens is 2. The van der Waals surface area contributed by atoms with Gasteiger partial charge in [-0.2, -0.15) is 0 Å². The first kappa shape index (κ1) is 15.5. The third kappa shape index (κ3) is 2.91. The number of nitrogens with one attached hydrogen (secondary N) is 2. The highest BCUT2D eigenvalue weighted by Crippen LogP contribution is 2.35. The number of aromatic nitrogens is 1. The molecule has 0 radical (unpaired) electrons. The van der Waals surface area contributed by atoms with Crippen molar-refractivity contribution in [3.8, 4) is 0 Å². The molecule has 7 nitrogen and oxygen atoms in total. The topological polar surface area (TPSA) is 118 Å². The van der Waals surface area contributed by atoms with Gasteiger partial charge in [-0.1, -0.05) is 11.6 Å². The molecule has 1 heterocycles. The SMILES string of the molecule is NCCCNS(=O)(=O)c1c(Br)cc2[nH]c(=O)oc2c1Cl. The van der Waals surface area contributed by atoms with Crippen molar-refractivity contribution in [2.45, 2.75) is 11.3 Å². The molecule has 2 aromatic rings. The van der Waals surface area contributed by atoms with Crippen molar-refractivity contribution in [3.05, 3.63) is 26.1 Å². The summed E-state index contributed by atoms with van der Waals surface area (Å²) in [6.07, 6.45) is 0.496. The van der Waals surface area contributed by atoms with Gasteiger partial charge in [-0.3, -0.25) is 4.98 Å². The molecule has 110 valence electrons. The second-order valence-electron chi connectivity index (χ2n) is 3.93. The number of hydrogen-bond donors (Lipinski definition) is 3. The Hall–Kier alpha value is -0.870. The first-order valence-corrected chi connectivity index (χ1v) is 8.23. The van der Waals surface area contributed by atoms with Gasteiger partial charge in [-0.05, 0) is 35.0 Å². The summed E-state index contributed by atoms with van der Waals surface area (Å²) < 4.78 is 31.9. The lowest BCUT2D eigenvalue weighted by molar-refractivity contribution is 0.553. The minimum atomic E-state index is -3.84. The number of rotatable bonds is 5. The lowest BCUT2D eigenvalue weighted by Gasteiger charge is -2.09. The Balaban J connectivity index is 2.56. The minimum Gasteiger partial charge on any atom is -0.406 e. The van der Waals surface area contributed by atoms with Crippen LogP contribution < -0.4 is 16.2 Å². The molecule has 2 rings (SSSR count). The van der Waals surface area contributed by atoms with Crippen LogP contribution in [0.5, 0.6) is 0 Å². The molecule has 0 aliphatic rings. The highest BCUT2D eigenvalue weighted by atomic mass is 79.9. The van der Waals surface area contributed by atoms with Crippen molar-refractivity contribution < 1.29 is 12.8 Å². The van der Waals surface area contributed by atoms with Crippen LogP contribution in [0.15, 0.2) is 24.6 Å². The van der Waals surface area contributed by atoms with Gasteiger partial charge in [0, 0.05) is 11.0 Å². The summed E-state index contributed by atoms with van der Waals surface area (Å²) in [5.74, 6) is -0.709. The fourth-order valence-electron chi connectivity index (χ4n) is 1.63. The van der Waals surface area contributed by atoms with E-state index < -0.39 is 15.8 Å². The Kier molecular flexibility index (Phi) is 4.55. The van der Waals surface area contributed by atoms with Gasteiger partial charge < -0.3 is 10.2 Å². The fourth-order valence-corrected chi connectivity index (χ4v) is 4.56. The summed E-state index contributed by atoms with van der Waals surface area (Å²) in [6.45, 7) is 0.555. The lowest BCUT2D eigenvalue weighted by Crippen LogP contribution is -2.26. The van der Waals surface area contributed by atoms with Gasteiger partial charge in [0.1, 0.15) is 9.92 Å². The van der Waals surface area contributed by atoms with Crippen molar-refractivity contribution in [3.63, 3.8) is 0 Å². The molecule has 0 amide bonds. The van der Waals surface area contributed by atoms with Gasteiger partial charge in [-0.15, -0.1) is 0 Å². The van der Waals surface area contributed by atoms with E-state index in [0.717, 1.165) is 0 Å². The van der Waals surface area contributed by atoms with E-state index in [1.54, 1.807) is 0 Å². The molecule has 0 fully saturated rings. The van der Waals surface area contributed by atoms with Crippen LogP contribution in [0.1, 0.15) is 6.42 Å². The Morgan fingerprint density at radius 1 is 1.50 bits per heavy atom. The molecule has 0 saturated carbocycles. The van der Waals surface area contributed by atoms with E-state index in [2.05, 4.69) is 25.6 Å². The highest BCUT2D eigenvalue weighted by molar-refractivity contribution is 9.10. The minimum absolute atomic E-state index is 0.000864. The van der Waals surface area contributed by atoms with E-state index >= 15 is 0 Å². The van der Waals surface area contributed by atoms with E-state index in [9.17, 15) is 13.2 Å². The zero-order valence-corrected chi connectivity index (χ0v) is 13.2. The van der Waals surface area contributed by atoms with Crippen LogP contribution in [0.2, 0.25) is 5.02 Å². The van der Waals surface area contributed by atoms with Gasteiger partial charge in [-0.25, -0.2) is 17.9 Å². The zero-order valence-electron chi connectivity index (χ0n) is 10.1. The van der Waals surface area contributed by atoms with Crippen LogP contribution in [0, 0.1) is 0 Å². The van der Waals surface area contributed by atoms with Crippen molar-refractivity contribution in [2.24, 2.45) is 5.73 Å². The second kappa shape index (κ2) is 5.86. The number of fused-ring (bicyclic) bond motifs is 1. The van der Waals surface area contributed by atoms with Crippen LogP contribution >= 0.6 is 27.5 Å². The zero-order chi connectivity index (χ0) is 14.9. The molecule has 0 saturated heterocycles. The third-order valence-corrected chi connectivity index (χ3v) is 5.41. The molecule has 0 aliphatic heterocycles. The molecule has 0 bridgehead atoms. The molecule has 10 heteroatoms. The van der Waals surface area contributed by atoms with E-state index in [1.807, 2.05) is 0 Å². The van der Waals surface area contributed by atoms with Gasteiger partial charge in [0.05, 0.1) is 5.52 Å². The second-order valence-corrected chi connectivity index (χ2v) is 6.87. The van der Waals surface area contributed by atoms with Crippen molar-refractivity contribution in [2.75, 3.05) is 13.1 Å². The first-order valence-electron chi connectivity index (χ1n) is 5.57. The number of aromatic amines is 1. The molecule has 4 N–H and O–H groups in total.